The number of carbonyl (C=O) groups is 2. The van der Waals surface area contributed by atoms with Crippen LogP contribution in [0.5, 0.6) is 5.75 Å². The van der Waals surface area contributed by atoms with Gasteiger partial charge in [0.1, 0.15) is 5.75 Å². The molecule has 0 fully saturated rings. The van der Waals surface area contributed by atoms with Crippen LogP contribution in [0, 0.1) is 0 Å². The van der Waals surface area contributed by atoms with E-state index in [1.54, 1.807) is 0 Å². The van der Waals surface area contributed by atoms with Crippen molar-refractivity contribution in [2.45, 2.75) is 110 Å². The van der Waals surface area contributed by atoms with Crippen LogP contribution >= 0.6 is 0 Å². The maximum atomic E-state index is 11.2. The minimum Gasteiger partial charge on any atom is -0.508 e. The van der Waals surface area contributed by atoms with Crippen molar-refractivity contribution in [2.75, 3.05) is 6.61 Å². The van der Waals surface area contributed by atoms with Gasteiger partial charge in [-0.3, -0.25) is 4.79 Å². The van der Waals surface area contributed by atoms with Crippen molar-refractivity contribution < 1.29 is 24.5 Å². The molecule has 0 amide bonds. The smallest absolute Gasteiger partial charge is 0.338 e. The molecule has 178 valence electrons. The Balaban J connectivity index is 0.000000609. The molecule has 1 rings (SSSR count). The first-order valence-electron chi connectivity index (χ1n) is 12.2. The Hall–Kier alpha value is -2.04. The van der Waals surface area contributed by atoms with E-state index in [0.29, 0.717) is 18.6 Å². The van der Waals surface area contributed by atoms with Gasteiger partial charge >= 0.3 is 11.9 Å². The number of carboxylic acids is 1. The van der Waals surface area contributed by atoms with Gasteiger partial charge in [0, 0.05) is 6.42 Å². The lowest BCUT2D eigenvalue weighted by Gasteiger charge is -2.02. The van der Waals surface area contributed by atoms with Crippen molar-refractivity contribution in [1.82, 2.24) is 0 Å². The highest BCUT2D eigenvalue weighted by Gasteiger charge is 2.05. The quantitative estimate of drug-likeness (QED) is 0.195. The summed E-state index contributed by atoms with van der Waals surface area (Å²) in [5.74, 6) is -0.855. The highest BCUT2D eigenvalue weighted by molar-refractivity contribution is 5.89. The summed E-state index contributed by atoms with van der Waals surface area (Å²) in [6, 6.07) is 5.99. The van der Waals surface area contributed by atoms with E-state index in [-0.39, 0.29) is 11.7 Å². The zero-order valence-electron chi connectivity index (χ0n) is 19.7. The molecule has 0 aromatic heterocycles. The summed E-state index contributed by atoms with van der Waals surface area (Å²) in [6.07, 6.45) is 18.1. The van der Waals surface area contributed by atoms with Crippen molar-refractivity contribution in [1.29, 1.82) is 0 Å². The lowest BCUT2D eigenvalue weighted by Crippen LogP contribution is -2.05. The lowest BCUT2D eigenvalue weighted by atomic mass is 10.0. The number of phenolic OH excluding ortho intramolecular Hbond substituents is 1. The van der Waals surface area contributed by atoms with Crippen LogP contribution in [0.3, 0.4) is 0 Å². The molecule has 0 unspecified atom stereocenters. The number of unbranched alkanes of at least 4 members (excludes halogenated alkanes) is 12. The Morgan fingerprint density at radius 1 is 0.710 bits per heavy atom. The van der Waals surface area contributed by atoms with Crippen LogP contribution in [0.25, 0.3) is 0 Å². The Bertz CT molecular complexity index is 553. The molecule has 5 nitrogen and oxygen atoms in total. The molecule has 0 atom stereocenters. The van der Waals surface area contributed by atoms with Crippen LogP contribution in [0.15, 0.2) is 24.3 Å². The Morgan fingerprint density at radius 2 is 1.16 bits per heavy atom. The molecule has 0 bridgehead atoms. The van der Waals surface area contributed by atoms with Gasteiger partial charge in [-0.05, 0) is 37.1 Å². The minimum absolute atomic E-state index is 0.145. The molecule has 0 spiro atoms. The van der Waals surface area contributed by atoms with E-state index in [9.17, 15) is 9.59 Å². The molecule has 0 aliphatic heterocycles. The van der Waals surface area contributed by atoms with Crippen LogP contribution in [0.2, 0.25) is 0 Å². The van der Waals surface area contributed by atoms with Crippen LogP contribution in [-0.4, -0.2) is 28.8 Å². The van der Waals surface area contributed by atoms with Gasteiger partial charge in [-0.2, -0.15) is 0 Å². The van der Waals surface area contributed by atoms with Gasteiger partial charge in [-0.1, -0.05) is 90.9 Å². The van der Waals surface area contributed by atoms with Crippen LogP contribution in [-0.2, 0) is 9.53 Å². The molecule has 31 heavy (non-hydrogen) atoms. The first-order chi connectivity index (χ1) is 15.0. The molecular weight excluding hydrogens is 392 g/mol. The topological polar surface area (TPSA) is 83.8 Å². The molecule has 0 saturated heterocycles. The van der Waals surface area contributed by atoms with E-state index in [1.165, 1.54) is 94.9 Å². The molecule has 5 heteroatoms. The molecule has 0 saturated carbocycles. The van der Waals surface area contributed by atoms with Gasteiger partial charge in [0.25, 0.3) is 0 Å². The second kappa shape index (κ2) is 21.2. The third kappa shape index (κ3) is 19.7. The summed E-state index contributed by atoms with van der Waals surface area (Å²) >= 11 is 0. The number of carboxylic acid groups (broad SMARTS) is 1. The van der Waals surface area contributed by atoms with Crippen molar-refractivity contribution in [3.05, 3.63) is 29.8 Å². The van der Waals surface area contributed by atoms with Crippen molar-refractivity contribution in [3.8, 4) is 5.75 Å². The third-order valence-corrected chi connectivity index (χ3v) is 5.03. The fraction of sp³-hybridized carbons (Fsp3) is 0.692. The predicted molar refractivity (Wildman–Crippen MR) is 127 cm³/mol. The number of carbonyl (C=O) groups excluding carboxylic acids is 1. The molecule has 0 aliphatic rings. The van der Waals surface area contributed by atoms with E-state index in [4.69, 9.17) is 14.9 Å². The molecule has 0 heterocycles. The van der Waals surface area contributed by atoms with E-state index < -0.39 is 5.97 Å². The zero-order chi connectivity index (χ0) is 23.2. The monoisotopic (exact) mass is 436 g/mol. The Kier molecular flexibility index (Phi) is 19.8. The normalized spacial score (nSPS) is 10.3. The number of benzene rings is 1. The number of aliphatic carboxylic acids is 1. The highest BCUT2D eigenvalue weighted by Crippen LogP contribution is 2.13. The maximum Gasteiger partial charge on any atom is 0.338 e. The molecule has 1 aromatic rings. The van der Waals surface area contributed by atoms with Gasteiger partial charge in [0.15, 0.2) is 0 Å². The molecule has 1 aromatic carbocycles. The largest absolute Gasteiger partial charge is 0.508 e. The van der Waals surface area contributed by atoms with Crippen LogP contribution in [0.1, 0.15) is 121 Å². The third-order valence-electron chi connectivity index (χ3n) is 5.03. The standard InChI is InChI=1S/C16H32O2.C10H12O3/c1-2-3-4-5-6-7-8-9-10-11-12-13-14-15-16(17)18;1-2-7-13-10(12)8-3-5-9(11)6-4-8/h2-15H2,1H3,(H,17,18);3-6,11H,2,7H2,1H3. The van der Waals surface area contributed by atoms with E-state index in [0.717, 1.165) is 19.3 Å². The van der Waals surface area contributed by atoms with Gasteiger partial charge < -0.3 is 14.9 Å². The van der Waals surface area contributed by atoms with E-state index in [2.05, 4.69) is 6.92 Å². The van der Waals surface area contributed by atoms with Gasteiger partial charge in [-0.15, -0.1) is 0 Å². The fourth-order valence-corrected chi connectivity index (χ4v) is 3.17. The number of esters is 1. The summed E-state index contributed by atoms with van der Waals surface area (Å²) in [4.78, 5) is 21.5. The minimum atomic E-state index is -0.655. The summed E-state index contributed by atoms with van der Waals surface area (Å²) in [6.45, 7) is 4.63. The van der Waals surface area contributed by atoms with Gasteiger partial charge in [0.2, 0.25) is 0 Å². The number of ether oxygens (including phenoxy) is 1. The van der Waals surface area contributed by atoms with Gasteiger partial charge in [0.05, 0.1) is 12.2 Å². The first kappa shape index (κ1) is 29.0. The van der Waals surface area contributed by atoms with E-state index >= 15 is 0 Å². The van der Waals surface area contributed by atoms with Gasteiger partial charge in [-0.25, -0.2) is 4.79 Å². The number of aromatic hydroxyl groups is 1. The van der Waals surface area contributed by atoms with Crippen molar-refractivity contribution in [2.24, 2.45) is 0 Å². The second-order valence-electron chi connectivity index (χ2n) is 8.07. The number of phenols is 1. The Labute approximate surface area is 189 Å². The average Bonchev–Trinajstić information content (AvgIpc) is 2.76. The Morgan fingerprint density at radius 3 is 1.58 bits per heavy atom. The number of hydrogen-bond donors (Lipinski definition) is 2. The molecular formula is C26H44O5. The summed E-state index contributed by atoms with van der Waals surface area (Å²) in [5.41, 5.74) is 0.464. The van der Waals surface area contributed by atoms with Crippen LogP contribution < -0.4 is 0 Å². The molecule has 2 N–H and O–H groups in total. The SMILES string of the molecule is CCCCCCCCCCCCCCCC(=O)O.CCCOC(=O)c1ccc(O)cc1. The summed E-state index contributed by atoms with van der Waals surface area (Å²) in [5, 5.41) is 17.5. The highest BCUT2D eigenvalue weighted by atomic mass is 16.5. The fourth-order valence-electron chi connectivity index (χ4n) is 3.17. The average molecular weight is 437 g/mol. The summed E-state index contributed by atoms with van der Waals surface area (Å²) in [7, 11) is 0. The first-order valence-corrected chi connectivity index (χ1v) is 12.2. The predicted octanol–water partition coefficient (Wildman–Crippen LogP) is 7.51. The van der Waals surface area contributed by atoms with E-state index in [1.807, 2.05) is 6.92 Å². The lowest BCUT2D eigenvalue weighted by molar-refractivity contribution is -0.137. The summed E-state index contributed by atoms with van der Waals surface area (Å²) < 4.78 is 4.90. The molecule has 0 radical (unpaired) electrons. The van der Waals surface area contributed by atoms with Crippen molar-refractivity contribution in [3.63, 3.8) is 0 Å². The van der Waals surface area contributed by atoms with Crippen LogP contribution in [0.4, 0.5) is 0 Å². The maximum absolute atomic E-state index is 11.2. The number of hydrogen-bond acceptors (Lipinski definition) is 4. The van der Waals surface area contributed by atoms with Crippen molar-refractivity contribution >= 4 is 11.9 Å². The second-order valence-corrected chi connectivity index (χ2v) is 8.07. The molecule has 0 aliphatic carbocycles. The zero-order valence-corrected chi connectivity index (χ0v) is 19.7. The number of rotatable bonds is 17.